The van der Waals surface area contributed by atoms with Crippen LogP contribution in [0.25, 0.3) is 0 Å². The zero-order valence-electron chi connectivity index (χ0n) is 13.6. The molecule has 2 aliphatic heterocycles. The topological polar surface area (TPSA) is 40.6 Å². The molecule has 124 valence electrons. The first kappa shape index (κ1) is 15.4. The van der Waals surface area contributed by atoms with E-state index in [2.05, 4.69) is 12.1 Å². The van der Waals surface area contributed by atoms with Crippen molar-refractivity contribution in [3.8, 4) is 0 Å². The summed E-state index contributed by atoms with van der Waals surface area (Å²) >= 11 is 1.53. The van der Waals surface area contributed by atoms with Gasteiger partial charge < -0.3 is 9.80 Å². The first-order valence-electron chi connectivity index (χ1n) is 8.24. The fourth-order valence-corrected chi connectivity index (χ4v) is 4.80. The van der Waals surface area contributed by atoms with Crippen molar-refractivity contribution in [2.45, 2.75) is 12.3 Å². The fraction of sp³-hybridized carbons (Fsp3) is 0.368. The first-order valence-corrected chi connectivity index (χ1v) is 9.18. The number of nitrogens with zero attached hydrogens (tertiary/aromatic N) is 2. The van der Waals surface area contributed by atoms with Crippen molar-refractivity contribution in [1.29, 1.82) is 0 Å². The van der Waals surface area contributed by atoms with E-state index < -0.39 is 5.41 Å². The maximum atomic E-state index is 13.0. The summed E-state index contributed by atoms with van der Waals surface area (Å²) in [6.45, 7) is 1.89. The highest BCUT2D eigenvalue weighted by Gasteiger charge is 2.57. The van der Waals surface area contributed by atoms with Crippen LogP contribution in [0.2, 0.25) is 0 Å². The quantitative estimate of drug-likeness (QED) is 0.843. The molecular formula is C19H20N2O2S. The molecule has 2 fully saturated rings. The molecule has 0 unspecified atom stereocenters. The van der Waals surface area contributed by atoms with Crippen molar-refractivity contribution in [2.24, 2.45) is 5.41 Å². The van der Waals surface area contributed by atoms with Gasteiger partial charge in [0.25, 0.3) is 5.91 Å². The van der Waals surface area contributed by atoms with Gasteiger partial charge in [-0.3, -0.25) is 9.59 Å². The van der Waals surface area contributed by atoms with Crippen molar-refractivity contribution >= 4 is 23.2 Å². The largest absolute Gasteiger partial charge is 0.345 e. The van der Waals surface area contributed by atoms with Gasteiger partial charge in [-0.1, -0.05) is 30.3 Å². The Morgan fingerprint density at radius 3 is 2.67 bits per heavy atom. The van der Waals surface area contributed by atoms with E-state index in [4.69, 9.17) is 0 Å². The van der Waals surface area contributed by atoms with Crippen LogP contribution in [-0.2, 0) is 4.79 Å². The van der Waals surface area contributed by atoms with Crippen LogP contribution >= 0.6 is 11.3 Å². The molecule has 1 aromatic heterocycles. The van der Waals surface area contributed by atoms with Crippen molar-refractivity contribution in [2.75, 3.05) is 26.7 Å². The number of hydrogen-bond donors (Lipinski definition) is 0. The Kier molecular flexibility index (Phi) is 3.68. The lowest BCUT2D eigenvalue weighted by atomic mass is 9.73. The Labute approximate surface area is 145 Å². The SMILES string of the molecule is CN1CC[C@@]2(CN(C(=O)c3ccsc3)C[C@@H]2c2ccccc2)C1=O. The summed E-state index contributed by atoms with van der Waals surface area (Å²) < 4.78 is 0. The molecule has 2 aliphatic rings. The number of carbonyl (C=O) groups is 2. The third kappa shape index (κ3) is 2.26. The van der Waals surface area contributed by atoms with Crippen LogP contribution in [0, 0.1) is 5.41 Å². The number of likely N-dealkylation sites (tertiary alicyclic amines) is 2. The average molecular weight is 340 g/mol. The van der Waals surface area contributed by atoms with Crippen molar-refractivity contribution in [3.05, 3.63) is 58.3 Å². The lowest BCUT2D eigenvalue weighted by Gasteiger charge is -2.28. The highest BCUT2D eigenvalue weighted by Crippen LogP contribution is 2.49. The summed E-state index contributed by atoms with van der Waals surface area (Å²) in [5.41, 5.74) is 1.41. The smallest absolute Gasteiger partial charge is 0.254 e. The third-order valence-electron chi connectivity index (χ3n) is 5.47. The third-order valence-corrected chi connectivity index (χ3v) is 6.15. The van der Waals surface area contributed by atoms with Gasteiger partial charge in [0.05, 0.1) is 11.0 Å². The Morgan fingerprint density at radius 2 is 2.04 bits per heavy atom. The molecule has 0 radical (unpaired) electrons. The van der Waals surface area contributed by atoms with Crippen LogP contribution in [0.4, 0.5) is 0 Å². The molecule has 3 heterocycles. The summed E-state index contributed by atoms with van der Waals surface area (Å²) in [5.74, 6) is 0.284. The Hall–Kier alpha value is -2.14. The molecule has 4 nitrogen and oxygen atoms in total. The molecule has 2 amide bonds. The summed E-state index contributed by atoms with van der Waals surface area (Å²) in [7, 11) is 1.86. The zero-order chi connectivity index (χ0) is 16.7. The van der Waals surface area contributed by atoms with Gasteiger partial charge in [0, 0.05) is 38.0 Å². The number of hydrogen-bond acceptors (Lipinski definition) is 3. The molecule has 4 rings (SSSR count). The highest BCUT2D eigenvalue weighted by atomic mass is 32.1. The molecule has 0 bridgehead atoms. The van der Waals surface area contributed by atoms with E-state index in [1.807, 2.05) is 51.9 Å². The van der Waals surface area contributed by atoms with Gasteiger partial charge in [-0.2, -0.15) is 11.3 Å². The highest BCUT2D eigenvalue weighted by molar-refractivity contribution is 7.08. The minimum atomic E-state index is -0.470. The second-order valence-corrected chi connectivity index (χ2v) is 7.57. The Morgan fingerprint density at radius 1 is 1.25 bits per heavy atom. The minimum Gasteiger partial charge on any atom is -0.345 e. The Bertz CT molecular complexity index is 759. The van der Waals surface area contributed by atoms with E-state index in [1.54, 1.807) is 0 Å². The second kappa shape index (κ2) is 5.74. The number of rotatable bonds is 2. The summed E-state index contributed by atoms with van der Waals surface area (Å²) in [6, 6.07) is 12.0. The van der Waals surface area contributed by atoms with Gasteiger partial charge in [0.1, 0.15) is 0 Å². The normalized spacial score (nSPS) is 26.5. The van der Waals surface area contributed by atoms with Crippen LogP contribution in [0.1, 0.15) is 28.3 Å². The maximum Gasteiger partial charge on any atom is 0.254 e. The van der Waals surface area contributed by atoms with Gasteiger partial charge >= 0.3 is 0 Å². The van der Waals surface area contributed by atoms with Crippen molar-refractivity contribution in [1.82, 2.24) is 9.80 Å². The summed E-state index contributed by atoms with van der Waals surface area (Å²) in [6.07, 6.45) is 0.815. The van der Waals surface area contributed by atoms with E-state index in [1.165, 1.54) is 11.3 Å². The molecule has 0 saturated carbocycles. The number of thiophene rings is 1. The molecule has 0 aliphatic carbocycles. The van der Waals surface area contributed by atoms with E-state index in [0.717, 1.165) is 24.1 Å². The standard InChI is InChI=1S/C19H20N2O2S/c1-20-9-8-19(18(20)23)13-21(17(22)15-7-10-24-12-15)11-16(19)14-5-3-2-4-6-14/h2-7,10,12,16H,8-9,11,13H2,1H3/t16-,19+/m1/s1. The van der Waals surface area contributed by atoms with Gasteiger partial charge in [-0.05, 0) is 23.4 Å². The zero-order valence-corrected chi connectivity index (χ0v) is 14.5. The molecule has 5 heteroatoms. The van der Waals surface area contributed by atoms with Gasteiger partial charge in [0.15, 0.2) is 0 Å². The molecule has 0 N–H and O–H groups in total. The van der Waals surface area contributed by atoms with Crippen molar-refractivity contribution in [3.63, 3.8) is 0 Å². The number of carbonyl (C=O) groups excluding carboxylic acids is 2. The summed E-state index contributed by atoms with van der Waals surface area (Å²) in [4.78, 5) is 29.5. The van der Waals surface area contributed by atoms with Crippen LogP contribution in [0.5, 0.6) is 0 Å². The van der Waals surface area contributed by atoms with E-state index in [-0.39, 0.29) is 17.7 Å². The lowest BCUT2D eigenvalue weighted by molar-refractivity contribution is -0.134. The van der Waals surface area contributed by atoms with Crippen LogP contribution in [-0.4, -0.2) is 48.3 Å². The molecule has 2 aromatic rings. The first-order chi connectivity index (χ1) is 11.6. The molecule has 1 spiro atoms. The second-order valence-electron chi connectivity index (χ2n) is 6.79. The molecule has 1 aromatic carbocycles. The minimum absolute atomic E-state index is 0.0383. The van der Waals surface area contributed by atoms with E-state index >= 15 is 0 Å². The van der Waals surface area contributed by atoms with Crippen LogP contribution in [0.3, 0.4) is 0 Å². The molecule has 2 saturated heterocycles. The maximum absolute atomic E-state index is 13.0. The fourth-order valence-electron chi connectivity index (χ4n) is 4.17. The van der Waals surface area contributed by atoms with Crippen LogP contribution in [0.15, 0.2) is 47.2 Å². The molecule has 24 heavy (non-hydrogen) atoms. The average Bonchev–Trinajstić information content (AvgIpc) is 3.33. The van der Waals surface area contributed by atoms with Gasteiger partial charge in [-0.25, -0.2) is 0 Å². The van der Waals surface area contributed by atoms with Gasteiger partial charge in [0.2, 0.25) is 5.91 Å². The number of benzene rings is 1. The van der Waals surface area contributed by atoms with Crippen molar-refractivity contribution < 1.29 is 9.59 Å². The van der Waals surface area contributed by atoms with E-state index in [0.29, 0.717) is 13.1 Å². The predicted octanol–water partition coefficient (Wildman–Crippen LogP) is 2.84. The predicted molar refractivity (Wildman–Crippen MR) is 94.1 cm³/mol. The van der Waals surface area contributed by atoms with Gasteiger partial charge in [-0.15, -0.1) is 0 Å². The Balaban J connectivity index is 1.71. The molecule has 2 atom stereocenters. The lowest BCUT2D eigenvalue weighted by Crippen LogP contribution is -2.39. The molecular weight excluding hydrogens is 320 g/mol. The monoisotopic (exact) mass is 340 g/mol. The summed E-state index contributed by atoms with van der Waals surface area (Å²) in [5, 5.41) is 3.80. The number of amides is 2. The van der Waals surface area contributed by atoms with E-state index in [9.17, 15) is 9.59 Å². The van der Waals surface area contributed by atoms with Crippen LogP contribution < -0.4 is 0 Å².